The van der Waals surface area contributed by atoms with Crippen molar-refractivity contribution < 1.29 is 4.74 Å². The lowest BCUT2D eigenvalue weighted by Gasteiger charge is -2.23. The van der Waals surface area contributed by atoms with Crippen LogP contribution in [0.15, 0.2) is 0 Å². The molecule has 0 radical (unpaired) electrons. The minimum atomic E-state index is 0.0256. The predicted octanol–water partition coefficient (Wildman–Crippen LogP) is 3.31. The van der Waals surface area contributed by atoms with Crippen molar-refractivity contribution in [2.75, 3.05) is 25.1 Å². The van der Waals surface area contributed by atoms with E-state index in [0.29, 0.717) is 5.92 Å². The summed E-state index contributed by atoms with van der Waals surface area (Å²) in [7, 11) is 0. The summed E-state index contributed by atoms with van der Waals surface area (Å²) in [5.41, 5.74) is 1.15. The Morgan fingerprint density at radius 2 is 2.11 bits per heavy atom. The summed E-state index contributed by atoms with van der Waals surface area (Å²) in [6, 6.07) is 0. The Hall–Kier alpha value is -0.430. The molecule has 0 aliphatic carbocycles. The zero-order valence-electron chi connectivity index (χ0n) is 12.1. The topological polar surface area (TPSA) is 47.0 Å². The first-order chi connectivity index (χ1) is 8.93. The minimum absolute atomic E-state index is 0.0256. The van der Waals surface area contributed by atoms with Gasteiger partial charge in [-0.1, -0.05) is 20.8 Å². The molecule has 2 rings (SSSR count). The fourth-order valence-corrected chi connectivity index (χ4v) is 3.41. The first kappa shape index (κ1) is 15.0. The maximum Gasteiger partial charge on any atom is 0.143 e. The molecule has 1 aliphatic rings. The quantitative estimate of drug-likeness (QED) is 0.824. The first-order valence-corrected chi connectivity index (χ1v) is 7.91. The summed E-state index contributed by atoms with van der Waals surface area (Å²) >= 11 is 2.35. The Kier molecular flexibility index (Phi) is 4.66. The number of hydrogen-bond donors (Lipinski definition) is 1. The summed E-state index contributed by atoms with van der Waals surface area (Å²) in [4.78, 5) is 9.54. The van der Waals surface area contributed by atoms with Gasteiger partial charge in [0, 0.05) is 24.5 Å². The van der Waals surface area contributed by atoms with Crippen LogP contribution in [0.1, 0.15) is 51.6 Å². The number of nitrogens with one attached hydrogen (secondary N) is 1. The van der Waals surface area contributed by atoms with Crippen molar-refractivity contribution in [3.8, 4) is 0 Å². The van der Waals surface area contributed by atoms with Gasteiger partial charge in [0.15, 0.2) is 0 Å². The molecular formula is C14H22IN3O. The number of rotatable bonds is 3. The number of halogens is 1. The van der Waals surface area contributed by atoms with E-state index >= 15 is 0 Å². The van der Waals surface area contributed by atoms with Crippen LogP contribution < -0.4 is 5.32 Å². The molecule has 1 saturated heterocycles. The Morgan fingerprint density at radius 3 is 2.63 bits per heavy atom. The van der Waals surface area contributed by atoms with Gasteiger partial charge in [0.25, 0.3) is 0 Å². The maximum atomic E-state index is 5.46. The van der Waals surface area contributed by atoms with Gasteiger partial charge in [-0.3, -0.25) is 0 Å². The maximum absolute atomic E-state index is 5.46. The van der Waals surface area contributed by atoms with Gasteiger partial charge < -0.3 is 10.1 Å². The van der Waals surface area contributed by atoms with E-state index in [0.717, 1.165) is 47.1 Å². The van der Waals surface area contributed by atoms with Gasteiger partial charge >= 0.3 is 0 Å². The molecule has 0 bridgehead atoms. The van der Waals surface area contributed by atoms with Crippen molar-refractivity contribution in [3.63, 3.8) is 0 Å². The lowest BCUT2D eigenvalue weighted by molar-refractivity contribution is 0.193. The molecule has 1 N–H and O–H groups in total. The van der Waals surface area contributed by atoms with Crippen molar-refractivity contribution in [2.45, 2.75) is 45.4 Å². The summed E-state index contributed by atoms with van der Waals surface area (Å²) < 4.78 is 6.60. The Morgan fingerprint density at radius 1 is 1.37 bits per heavy atom. The average molecular weight is 375 g/mol. The van der Waals surface area contributed by atoms with Gasteiger partial charge in [-0.25, -0.2) is 9.97 Å². The zero-order chi connectivity index (χ0) is 14.0. The monoisotopic (exact) mass is 375 g/mol. The molecule has 1 atom stereocenters. The highest BCUT2D eigenvalue weighted by atomic mass is 127. The van der Waals surface area contributed by atoms with Crippen LogP contribution in [0.25, 0.3) is 0 Å². The molecule has 0 saturated carbocycles. The van der Waals surface area contributed by atoms with E-state index in [4.69, 9.17) is 14.7 Å². The molecule has 0 spiro atoms. The fraction of sp³-hybridized carbons (Fsp3) is 0.714. The number of anilines is 1. The standard InChI is InChI=1S/C14H22IN3O/c1-5-16-13-10(15)11(14(2,3)4)17-12(18-13)9-6-7-19-8-9/h9H,5-8H2,1-4H3,(H,16,17,18). The van der Waals surface area contributed by atoms with Gasteiger partial charge in [-0.15, -0.1) is 0 Å². The highest BCUT2D eigenvalue weighted by molar-refractivity contribution is 14.1. The Labute approximate surface area is 128 Å². The van der Waals surface area contributed by atoms with E-state index in [2.05, 4.69) is 55.6 Å². The first-order valence-electron chi connectivity index (χ1n) is 6.83. The van der Waals surface area contributed by atoms with Crippen LogP contribution in [0.3, 0.4) is 0 Å². The van der Waals surface area contributed by atoms with Crippen LogP contribution in [0.2, 0.25) is 0 Å². The van der Waals surface area contributed by atoms with Gasteiger partial charge in [0.2, 0.25) is 0 Å². The van der Waals surface area contributed by atoms with Crippen molar-refractivity contribution in [1.29, 1.82) is 0 Å². The highest BCUT2D eigenvalue weighted by Gasteiger charge is 2.27. The molecule has 19 heavy (non-hydrogen) atoms. The summed E-state index contributed by atoms with van der Waals surface area (Å²) in [6.45, 7) is 11.1. The summed E-state index contributed by atoms with van der Waals surface area (Å²) in [5.74, 6) is 2.24. The number of ether oxygens (including phenoxy) is 1. The van der Waals surface area contributed by atoms with E-state index in [1.807, 2.05) is 0 Å². The average Bonchev–Trinajstić information content (AvgIpc) is 2.84. The molecule has 0 aromatic carbocycles. The lowest BCUT2D eigenvalue weighted by atomic mass is 9.91. The van der Waals surface area contributed by atoms with Crippen LogP contribution in [0.4, 0.5) is 5.82 Å². The van der Waals surface area contributed by atoms with E-state index < -0.39 is 0 Å². The molecule has 1 aromatic heterocycles. The van der Waals surface area contributed by atoms with Crippen molar-refractivity contribution in [3.05, 3.63) is 15.1 Å². The number of aromatic nitrogens is 2. The molecular weight excluding hydrogens is 353 g/mol. The van der Waals surface area contributed by atoms with Crippen molar-refractivity contribution >= 4 is 28.4 Å². The Bertz CT molecular complexity index is 451. The predicted molar refractivity (Wildman–Crippen MR) is 85.8 cm³/mol. The van der Waals surface area contributed by atoms with E-state index in [-0.39, 0.29) is 5.41 Å². The second-order valence-electron chi connectivity index (χ2n) is 5.93. The lowest BCUT2D eigenvalue weighted by Crippen LogP contribution is -2.21. The van der Waals surface area contributed by atoms with E-state index in [1.54, 1.807) is 0 Å². The summed E-state index contributed by atoms with van der Waals surface area (Å²) in [5, 5.41) is 3.35. The molecule has 5 heteroatoms. The smallest absolute Gasteiger partial charge is 0.143 e. The summed E-state index contributed by atoms with van der Waals surface area (Å²) in [6.07, 6.45) is 1.02. The molecule has 0 amide bonds. The third-order valence-electron chi connectivity index (χ3n) is 3.22. The van der Waals surface area contributed by atoms with Gasteiger partial charge in [-0.2, -0.15) is 0 Å². The van der Waals surface area contributed by atoms with E-state index in [9.17, 15) is 0 Å². The third kappa shape index (κ3) is 3.37. The second kappa shape index (κ2) is 5.91. The van der Waals surface area contributed by atoms with Crippen LogP contribution in [-0.2, 0) is 10.2 Å². The zero-order valence-corrected chi connectivity index (χ0v) is 14.2. The van der Waals surface area contributed by atoms with Crippen molar-refractivity contribution in [2.24, 2.45) is 0 Å². The van der Waals surface area contributed by atoms with Gasteiger partial charge in [0.1, 0.15) is 11.6 Å². The van der Waals surface area contributed by atoms with Crippen LogP contribution in [-0.4, -0.2) is 29.7 Å². The minimum Gasteiger partial charge on any atom is -0.381 e. The second-order valence-corrected chi connectivity index (χ2v) is 7.01. The molecule has 1 aliphatic heterocycles. The third-order valence-corrected chi connectivity index (χ3v) is 4.24. The Balaban J connectivity index is 2.47. The number of nitrogens with zero attached hydrogens (tertiary/aromatic N) is 2. The van der Waals surface area contributed by atoms with Gasteiger partial charge in [-0.05, 0) is 35.9 Å². The van der Waals surface area contributed by atoms with Crippen LogP contribution >= 0.6 is 22.6 Å². The molecule has 106 valence electrons. The molecule has 2 heterocycles. The normalized spacial score (nSPS) is 19.7. The molecule has 1 aromatic rings. The van der Waals surface area contributed by atoms with E-state index in [1.165, 1.54) is 0 Å². The molecule has 1 unspecified atom stereocenters. The van der Waals surface area contributed by atoms with Crippen LogP contribution in [0.5, 0.6) is 0 Å². The largest absolute Gasteiger partial charge is 0.381 e. The SMILES string of the molecule is CCNc1nc(C2CCOC2)nc(C(C)(C)C)c1I. The van der Waals surface area contributed by atoms with Crippen molar-refractivity contribution in [1.82, 2.24) is 9.97 Å². The fourth-order valence-electron chi connectivity index (χ4n) is 2.17. The van der Waals surface area contributed by atoms with Crippen LogP contribution in [0, 0.1) is 3.57 Å². The number of hydrogen-bond acceptors (Lipinski definition) is 4. The highest BCUT2D eigenvalue weighted by Crippen LogP contribution is 2.32. The molecule has 1 fully saturated rings. The molecule has 4 nitrogen and oxygen atoms in total. The van der Waals surface area contributed by atoms with Gasteiger partial charge in [0.05, 0.1) is 15.9 Å².